The molecular weight excluding hydrogens is 423 g/mol. The Hall–Kier alpha value is -2.87. The highest BCUT2D eigenvalue weighted by atomic mass is 79.9. The molecule has 0 aliphatic carbocycles. The molecule has 0 saturated heterocycles. The van der Waals surface area contributed by atoms with Crippen LogP contribution in [0.5, 0.6) is 0 Å². The van der Waals surface area contributed by atoms with Crippen molar-refractivity contribution >= 4 is 39.0 Å². The van der Waals surface area contributed by atoms with Crippen molar-refractivity contribution in [3.8, 4) is 0 Å². The number of benzene rings is 2. The van der Waals surface area contributed by atoms with E-state index in [1.54, 1.807) is 18.2 Å². The number of alkyl halides is 3. The predicted molar refractivity (Wildman–Crippen MR) is 101 cm³/mol. The molecule has 0 aliphatic rings. The summed E-state index contributed by atoms with van der Waals surface area (Å²) in [4.78, 5) is 16.7. The van der Waals surface area contributed by atoms with Crippen molar-refractivity contribution in [2.75, 3.05) is 10.6 Å². The first-order valence-corrected chi connectivity index (χ1v) is 8.58. The molecule has 0 radical (unpaired) electrons. The number of rotatable bonds is 4. The number of anilines is 3. The minimum Gasteiger partial charge on any atom is -0.340 e. The molecule has 1 amide bonds. The Balaban J connectivity index is 1.82. The van der Waals surface area contributed by atoms with Gasteiger partial charge in [0.25, 0.3) is 5.91 Å². The van der Waals surface area contributed by atoms with E-state index in [0.717, 1.165) is 16.6 Å². The fourth-order valence-corrected chi connectivity index (χ4v) is 2.59. The number of carbonyl (C=O) groups excluding carboxylic acids is 1. The Labute approximate surface area is 161 Å². The summed E-state index contributed by atoms with van der Waals surface area (Å²) in [6.07, 6.45) is -2.97. The van der Waals surface area contributed by atoms with Crippen LogP contribution in [0, 0.1) is 0 Å². The Morgan fingerprint density at radius 1 is 0.963 bits per heavy atom. The second-order valence-electron chi connectivity index (χ2n) is 5.56. The zero-order valence-electron chi connectivity index (χ0n) is 13.7. The van der Waals surface area contributed by atoms with Gasteiger partial charge in [-0.25, -0.2) is 4.98 Å². The normalized spacial score (nSPS) is 11.1. The van der Waals surface area contributed by atoms with Crippen molar-refractivity contribution in [3.05, 3.63) is 82.5 Å². The van der Waals surface area contributed by atoms with E-state index in [4.69, 9.17) is 0 Å². The molecule has 138 valence electrons. The molecule has 2 N–H and O–H groups in total. The number of halogens is 4. The number of amides is 1. The molecule has 0 bridgehead atoms. The Morgan fingerprint density at radius 2 is 1.70 bits per heavy atom. The summed E-state index contributed by atoms with van der Waals surface area (Å²) in [5.74, 6) is -0.272. The van der Waals surface area contributed by atoms with Gasteiger partial charge in [-0.15, -0.1) is 0 Å². The maximum absolute atomic E-state index is 12.8. The van der Waals surface area contributed by atoms with E-state index in [-0.39, 0.29) is 11.3 Å². The van der Waals surface area contributed by atoms with Crippen LogP contribution in [-0.4, -0.2) is 10.9 Å². The number of nitrogens with one attached hydrogen (secondary N) is 2. The molecule has 1 heterocycles. The summed E-state index contributed by atoms with van der Waals surface area (Å²) in [5.41, 5.74) is 0.135. The molecule has 3 aromatic rings. The van der Waals surface area contributed by atoms with Gasteiger partial charge in [-0.3, -0.25) is 4.79 Å². The lowest BCUT2D eigenvalue weighted by Crippen LogP contribution is -2.15. The van der Waals surface area contributed by atoms with Crippen molar-refractivity contribution in [3.63, 3.8) is 0 Å². The first-order valence-electron chi connectivity index (χ1n) is 7.79. The second-order valence-corrected chi connectivity index (χ2v) is 6.48. The van der Waals surface area contributed by atoms with Gasteiger partial charge in [0.1, 0.15) is 5.82 Å². The van der Waals surface area contributed by atoms with Crippen LogP contribution >= 0.6 is 15.9 Å². The quantitative estimate of drug-likeness (QED) is 0.539. The third-order valence-electron chi connectivity index (χ3n) is 3.61. The standard InChI is InChI=1S/C19H13BrF3N3O/c20-13-6-8-14(9-7-13)25-17-16(5-2-10-24-17)18(27)26-15-4-1-3-12(11-15)19(21,22)23/h1-11H,(H,24,25)(H,26,27). The van der Waals surface area contributed by atoms with Crippen LogP contribution in [0.1, 0.15) is 15.9 Å². The van der Waals surface area contributed by atoms with E-state index in [1.165, 1.54) is 24.4 Å². The lowest BCUT2D eigenvalue weighted by atomic mass is 10.1. The molecule has 8 heteroatoms. The molecule has 0 unspecified atom stereocenters. The summed E-state index contributed by atoms with van der Waals surface area (Å²) in [5, 5.41) is 5.51. The fourth-order valence-electron chi connectivity index (χ4n) is 2.33. The van der Waals surface area contributed by atoms with Gasteiger partial charge in [0.15, 0.2) is 0 Å². The minimum absolute atomic E-state index is 0.0493. The minimum atomic E-state index is -4.48. The summed E-state index contributed by atoms with van der Waals surface area (Å²) in [7, 11) is 0. The van der Waals surface area contributed by atoms with Crippen molar-refractivity contribution in [1.82, 2.24) is 4.98 Å². The SMILES string of the molecule is O=C(Nc1cccc(C(F)(F)F)c1)c1cccnc1Nc1ccc(Br)cc1. The Kier molecular flexibility index (Phi) is 5.46. The number of carbonyl (C=O) groups is 1. The van der Waals surface area contributed by atoms with Gasteiger partial charge in [-0.2, -0.15) is 13.2 Å². The molecule has 27 heavy (non-hydrogen) atoms. The van der Waals surface area contributed by atoms with Crippen LogP contribution in [0.15, 0.2) is 71.3 Å². The van der Waals surface area contributed by atoms with Crippen molar-refractivity contribution < 1.29 is 18.0 Å². The lowest BCUT2D eigenvalue weighted by molar-refractivity contribution is -0.137. The van der Waals surface area contributed by atoms with Crippen LogP contribution in [0.4, 0.5) is 30.4 Å². The van der Waals surface area contributed by atoms with Gasteiger partial charge in [-0.1, -0.05) is 22.0 Å². The van der Waals surface area contributed by atoms with Crippen LogP contribution in [0.2, 0.25) is 0 Å². The number of pyridine rings is 1. The van der Waals surface area contributed by atoms with E-state index in [0.29, 0.717) is 11.5 Å². The first-order chi connectivity index (χ1) is 12.8. The van der Waals surface area contributed by atoms with Gasteiger partial charge < -0.3 is 10.6 Å². The first kappa shape index (κ1) is 18.9. The van der Waals surface area contributed by atoms with E-state index < -0.39 is 17.6 Å². The fraction of sp³-hybridized carbons (Fsp3) is 0.0526. The number of hydrogen-bond acceptors (Lipinski definition) is 3. The zero-order chi connectivity index (χ0) is 19.4. The van der Waals surface area contributed by atoms with E-state index in [2.05, 4.69) is 31.5 Å². The maximum atomic E-state index is 12.8. The van der Waals surface area contributed by atoms with E-state index >= 15 is 0 Å². The molecule has 2 aromatic carbocycles. The molecule has 3 rings (SSSR count). The largest absolute Gasteiger partial charge is 0.416 e. The molecule has 0 spiro atoms. The van der Waals surface area contributed by atoms with Crippen molar-refractivity contribution in [1.29, 1.82) is 0 Å². The molecule has 4 nitrogen and oxygen atoms in total. The summed E-state index contributed by atoms with van der Waals surface area (Å²) in [6, 6.07) is 14.8. The molecule has 0 atom stereocenters. The predicted octanol–water partition coefficient (Wildman–Crippen LogP) is 5.86. The van der Waals surface area contributed by atoms with E-state index in [9.17, 15) is 18.0 Å². The monoisotopic (exact) mass is 435 g/mol. The molecule has 1 aromatic heterocycles. The van der Waals surface area contributed by atoms with Crippen LogP contribution in [0.3, 0.4) is 0 Å². The van der Waals surface area contributed by atoms with Gasteiger partial charge in [0, 0.05) is 22.0 Å². The highest BCUT2D eigenvalue weighted by Gasteiger charge is 2.30. The topological polar surface area (TPSA) is 54.0 Å². The van der Waals surface area contributed by atoms with Crippen LogP contribution in [0.25, 0.3) is 0 Å². The number of nitrogens with zero attached hydrogens (tertiary/aromatic N) is 1. The second kappa shape index (κ2) is 7.79. The van der Waals surface area contributed by atoms with Gasteiger partial charge in [0.2, 0.25) is 0 Å². The summed E-state index contributed by atoms with van der Waals surface area (Å²) >= 11 is 3.34. The van der Waals surface area contributed by atoms with Crippen LogP contribution < -0.4 is 10.6 Å². The number of hydrogen-bond donors (Lipinski definition) is 2. The van der Waals surface area contributed by atoms with E-state index in [1.807, 2.05) is 12.1 Å². The third kappa shape index (κ3) is 4.85. The summed E-state index contributed by atoms with van der Waals surface area (Å²) < 4.78 is 39.4. The third-order valence-corrected chi connectivity index (χ3v) is 4.14. The summed E-state index contributed by atoms with van der Waals surface area (Å²) in [6.45, 7) is 0. The van der Waals surface area contributed by atoms with Crippen molar-refractivity contribution in [2.24, 2.45) is 0 Å². The average molecular weight is 436 g/mol. The number of aromatic nitrogens is 1. The Bertz CT molecular complexity index is 959. The molecule has 0 fully saturated rings. The van der Waals surface area contributed by atoms with Gasteiger partial charge in [-0.05, 0) is 54.6 Å². The maximum Gasteiger partial charge on any atom is 0.416 e. The van der Waals surface area contributed by atoms with Crippen molar-refractivity contribution in [2.45, 2.75) is 6.18 Å². The van der Waals surface area contributed by atoms with Crippen LogP contribution in [-0.2, 0) is 6.18 Å². The highest BCUT2D eigenvalue weighted by molar-refractivity contribution is 9.10. The Morgan fingerprint density at radius 3 is 2.41 bits per heavy atom. The van der Waals surface area contributed by atoms with Gasteiger partial charge in [0.05, 0.1) is 11.1 Å². The lowest BCUT2D eigenvalue weighted by Gasteiger charge is -2.12. The smallest absolute Gasteiger partial charge is 0.340 e. The average Bonchev–Trinajstić information content (AvgIpc) is 2.63. The molecular formula is C19H13BrF3N3O. The van der Waals surface area contributed by atoms with Gasteiger partial charge >= 0.3 is 6.18 Å². The highest BCUT2D eigenvalue weighted by Crippen LogP contribution is 2.31. The molecule has 0 aliphatic heterocycles. The zero-order valence-corrected chi connectivity index (χ0v) is 15.3. The molecule has 0 saturated carbocycles.